The third-order valence-corrected chi connectivity index (χ3v) is 3.85. The quantitative estimate of drug-likeness (QED) is 0.461. The second-order valence-electron chi connectivity index (χ2n) is 5.40. The van der Waals surface area contributed by atoms with E-state index in [4.69, 9.17) is 25.8 Å². The number of ether oxygens (including phenoxy) is 3. The minimum atomic E-state index is -0.893. The second-order valence-corrected chi connectivity index (χ2v) is 5.83. The summed E-state index contributed by atoms with van der Waals surface area (Å²) in [6.45, 7) is 1.72. The Morgan fingerprint density at radius 2 is 1.84 bits per heavy atom. The van der Waals surface area contributed by atoms with Gasteiger partial charge in [-0.1, -0.05) is 17.7 Å². The Hall–Kier alpha value is -2.79. The zero-order valence-electron chi connectivity index (χ0n) is 13.4. The van der Waals surface area contributed by atoms with Crippen LogP contribution in [0.1, 0.15) is 22.8 Å². The molecule has 1 aliphatic rings. The van der Waals surface area contributed by atoms with E-state index in [1.54, 1.807) is 48.5 Å². The first kappa shape index (κ1) is 17.0. The number of esters is 1. The summed E-state index contributed by atoms with van der Waals surface area (Å²) in [5, 5.41) is 0.535. The molecule has 0 radical (unpaired) electrons. The zero-order chi connectivity index (χ0) is 17.8. The molecule has 0 unspecified atom stereocenters. The Labute approximate surface area is 149 Å². The molecule has 25 heavy (non-hydrogen) atoms. The molecule has 3 rings (SSSR count). The van der Waals surface area contributed by atoms with Crippen molar-refractivity contribution in [3.05, 3.63) is 64.7 Å². The SMILES string of the molecule is C[C@H](OC(=O)/C=C/c1ccc2c(c1)OCO2)C(=O)c1ccc(Cl)cc1. The van der Waals surface area contributed by atoms with E-state index in [1.807, 2.05) is 0 Å². The van der Waals surface area contributed by atoms with Crippen LogP contribution in [0.3, 0.4) is 0 Å². The van der Waals surface area contributed by atoms with Crippen LogP contribution in [0, 0.1) is 0 Å². The molecule has 2 aromatic carbocycles. The molecule has 0 spiro atoms. The molecular weight excluding hydrogens is 344 g/mol. The maximum atomic E-state index is 12.2. The molecule has 1 atom stereocenters. The molecule has 1 heterocycles. The monoisotopic (exact) mass is 358 g/mol. The molecule has 0 amide bonds. The van der Waals surface area contributed by atoms with Gasteiger partial charge in [0.25, 0.3) is 0 Å². The summed E-state index contributed by atoms with van der Waals surface area (Å²) in [7, 11) is 0. The van der Waals surface area contributed by atoms with Gasteiger partial charge in [0.2, 0.25) is 12.6 Å². The van der Waals surface area contributed by atoms with Crippen molar-refractivity contribution >= 4 is 29.4 Å². The Bertz CT molecular complexity index is 826. The topological polar surface area (TPSA) is 61.8 Å². The van der Waals surface area contributed by atoms with E-state index >= 15 is 0 Å². The van der Waals surface area contributed by atoms with Crippen LogP contribution in [0.4, 0.5) is 0 Å². The number of benzene rings is 2. The Morgan fingerprint density at radius 1 is 1.12 bits per heavy atom. The smallest absolute Gasteiger partial charge is 0.331 e. The first-order valence-electron chi connectivity index (χ1n) is 7.61. The fourth-order valence-corrected chi connectivity index (χ4v) is 2.42. The number of carbonyl (C=O) groups excluding carboxylic acids is 2. The average Bonchev–Trinajstić information content (AvgIpc) is 3.07. The third-order valence-electron chi connectivity index (χ3n) is 3.60. The second kappa shape index (κ2) is 7.40. The molecule has 0 aliphatic carbocycles. The number of carbonyl (C=O) groups is 2. The van der Waals surface area contributed by atoms with Gasteiger partial charge >= 0.3 is 5.97 Å². The number of Topliss-reactive ketones (excluding diaryl/α,β-unsaturated/α-hetero) is 1. The summed E-state index contributed by atoms with van der Waals surface area (Å²) in [6.07, 6.45) is 1.96. The number of ketones is 1. The number of hydrogen-bond donors (Lipinski definition) is 0. The van der Waals surface area contributed by atoms with Crippen molar-refractivity contribution in [2.45, 2.75) is 13.0 Å². The molecule has 0 aromatic heterocycles. The van der Waals surface area contributed by atoms with E-state index in [0.717, 1.165) is 5.56 Å². The standard InChI is InChI=1S/C19H15ClO5/c1-12(19(22)14-4-6-15(20)7-5-14)25-18(21)9-3-13-2-8-16-17(10-13)24-11-23-16/h2-10,12H,11H2,1H3/b9-3+/t12-/m0/s1. The van der Waals surface area contributed by atoms with E-state index in [1.165, 1.54) is 13.0 Å². The molecule has 0 saturated carbocycles. The van der Waals surface area contributed by atoms with Gasteiger partial charge in [0, 0.05) is 16.7 Å². The lowest BCUT2D eigenvalue weighted by atomic mass is 10.1. The van der Waals surface area contributed by atoms with Crippen LogP contribution < -0.4 is 9.47 Å². The van der Waals surface area contributed by atoms with Crippen molar-refractivity contribution in [1.29, 1.82) is 0 Å². The summed E-state index contributed by atoms with van der Waals surface area (Å²) in [4.78, 5) is 24.1. The molecule has 0 saturated heterocycles. The van der Waals surface area contributed by atoms with Crippen molar-refractivity contribution in [3.63, 3.8) is 0 Å². The summed E-state index contributed by atoms with van der Waals surface area (Å²) in [6, 6.07) is 11.7. The molecule has 5 nitrogen and oxygen atoms in total. The predicted octanol–water partition coefficient (Wildman–Crippen LogP) is 3.90. The van der Waals surface area contributed by atoms with E-state index < -0.39 is 12.1 Å². The molecule has 0 fully saturated rings. The number of hydrogen-bond acceptors (Lipinski definition) is 5. The van der Waals surface area contributed by atoms with Crippen molar-refractivity contribution in [2.24, 2.45) is 0 Å². The lowest BCUT2D eigenvalue weighted by Crippen LogP contribution is -2.23. The van der Waals surface area contributed by atoms with Crippen LogP contribution in [0.15, 0.2) is 48.5 Å². The fourth-order valence-electron chi connectivity index (χ4n) is 2.30. The predicted molar refractivity (Wildman–Crippen MR) is 92.9 cm³/mol. The van der Waals surface area contributed by atoms with Gasteiger partial charge in [-0.15, -0.1) is 0 Å². The van der Waals surface area contributed by atoms with Crippen LogP contribution in [0.2, 0.25) is 5.02 Å². The maximum absolute atomic E-state index is 12.2. The van der Waals surface area contributed by atoms with Crippen molar-refractivity contribution in [1.82, 2.24) is 0 Å². The number of rotatable bonds is 5. The number of fused-ring (bicyclic) bond motifs is 1. The van der Waals surface area contributed by atoms with Crippen molar-refractivity contribution in [2.75, 3.05) is 6.79 Å². The van der Waals surface area contributed by atoms with Crippen molar-refractivity contribution < 1.29 is 23.8 Å². The minimum absolute atomic E-state index is 0.189. The Balaban J connectivity index is 1.59. The van der Waals surface area contributed by atoms with Crippen LogP contribution in [0.25, 0.3) is 6.08 Å². The van der Waals surface area contributed by atoms with Gasteiger partial charge < -0.3 is 14.2 Å². The Kier molecular flexibility index (Phi) is 5.05. The van der Waals surface area contributed by atoms with Crippen molar-refractivity contribution in [3.8, 4) is 11.5 Å². The fraction of sp³-hybridized carbons (Fsp3) is 0.158. The molecular formula is C19H15ClO5. The summed E-state index contributed by atoms with van der Waals surface area (Å²) >= 11 is 5.79. The summed E-state index contributed by atoms with van der Waals surface area (Å²) < 4.78 is 15.6. The van der Waals surface area contributed by atoms with Crippen LogP contribution in [-0.2, 0) is 9.53 Å². The van der Waals surface area contributed by atoms with E-state index in [-0.39, 0.29) is 12.6 Å². The van der Waals surface area contributed by atoms with Gasteiger partial charge in [0.1, 0.15) is 0 Å². The van der Waals surface area contributed by atoms with Gasteiger partial charge in [-0.3, -0.25) is 4.79 Å². The van der Waals surface area contributed by atoms with Crippen LogP contribution >= 0.6 is 11.6 Å². The van der Waals surface area contributed by atoms with Crippen LogP contribution in [-0.4, -0.2) is 24.6 Å². The summed E-state index contributed by atoms with van der Waals surface area (Å²) in [5.74, 6) is 0.401. The maximum Gasteiger partial charge on any atom is 0.331 e. The van der Waals surface area contributed by atoms with E-state index in [2.05, 4.69) is 0 Å². The third kappa shape index (κ3) is 4.19. The molecule has 6 heteroatoms. The zero-order valence-corrected chi connectivity index (χ0v) is 14.2. The first-order chi connectivity index (χ1) is 12.0. The van der Waals surface area contributed by atoms with Crippen LogP contribution in [0.5, 0.6) is 11.5 Å². The van der Waals surface area contributed by atoms with Gasteiger partial charge in [-0.25, -0.2) is 4.79 Å². The van der Waals surface area contributed by atoms with Gasteiger partial charge in [-0.05, 0) is 55.0 Å². The van der Waals surface area contributed by atoms with E-state index in [0.29, 0.717) is 22.1 Å². The lowest BCUT2D eigenvalue weighted by Gasteiger charge is -2.10. The summed E-state index contributed by atoms with van der Waals surface area (Å²) in [5.41, 5.74) is 1.20. The molecule has 0 bridgehead atoms. The van der Waals surface area contributed by atoms with E-state index in [9.17, 15) is 9.59 Å². The van der Waals surface area contributed by atoms with Gasteiger partial charge in [0.15, 0.2) is 17.6 Å². The average molecular weight is 359 g/mol. The largest absolute Gasteiger partial charge is 0.454 e. The minimum Gasteiger partial charge on any atom is -0.454 e. The van der Waals surface area contributed by atoms with Gasteiger partial charge in [0.05, 0.1) is 0 Å². The van der Waals surface area contributed by atoms with Gasteiger partial charge in [-0.2, -0.15) is 0 Å². The normalized spacial score (nSPS) is 13.7. The first-order valence-corrected chi connectivity index (χ1v) is 7.99. The highest BCUT2D eigenvalue weighted by Crippen LogP contribution is 2.32. The molecule has 1 aliphatic heterocycles. The highest BCUT2D eigenvalue weighted by atomic mass is 35.5. The highest BCUT2D eigenvalue weighted by Gasteiger charge is 2.18. The Morgan fingerprint density at radius 3 is 2.60 bits per heavy atom. The molecule has 2 aromatic rings. The number of halogens is 1. The molecule has 0 N–H and O–H groups in total. The highest BCUT2D eigenvalue weighted by molar-refractivity contribution is 6.30. The lowest BCUT2D eigenvalue weighted by molar-refractivity contribution is -0.140. The molecule has 128 valence electrons.